The van der Waals surface area contributed by atoms with Crippen molar-refractivity contribution in [2.24, 2.45) is 5.92 Å². The van der Waals surface area contributed by atoms with Crippen LogP contribution in [-0.4, -0.2) is 36.7 Å². The van der Waals surface area contributed by atoms with Crippen LogP contribution < -0.4 is 14.8 Å². The first kappa shape index (κ1) is 20.7. The molecule has 7 nitrogen and oxygen atoms in total. The van der Waals surface area contributed by atoms with Crippen LogP contribution >= 0.6 is 0 Å². The lowest BCUT2D eigenvalue weighted by atomic mass is 9.95. The molecule has 4 rings (SSSR count). The van der Waals surface area contributed by atoms with Crippen molar-refractivity contribution < 1.29 is 23.8 Å². The van der Waals surface area contributed by atoms with Crippen molar-refractivity contribution >= 4 is 22.8 Å². The average molecular weight is 420 g/mol. The van der Waals surface area contributed by atoms with Crippen LogP contribution in [-0.2, 0) is 9.53 Å². The molecule has 31 heavy (non-hydrogen) atoms. The SMILES string of the molecule is CC(C)[C@H](NC(=O)COC(=O)c1ccc2ccccc2n1)c1ccc2c(c1)OCCO2. The van der Waals surface area contributed by atoms with Gasteiger partial charge in [-0.25, -0.2) is 9.78 Å². The van der Waals surface area contributed by atoms with Crippen molar-refractivity contribution in [2.75, 3.05) is 19.8 Å². The number of nitrogens with one attached hydrogen (secondary N) is 1. The Morgan fingerprint density at radius 3 is 2.61 bits per heavy atom. The highest BCUT2D eigenvalue weighted by molar-refractivity contribution is 5.92. The van der Waals surface area contributed by atoms with Crippen LogP contribution in [0.15, 0.2) is 54.6 Å². The molecular weight excluding hydrogens is 396 g/mol. The van der Waals surface area contributed by atoms with Crippen molar-refractivity contribution in [1.82, 2.24) is 10.3 Å². The number of amides is 1. The van der Waals surface area contributed by atoms with Crippen LogP contribution in [0, 0.1) is 5.92 Å². The summed E-state index contributed by atoms with van der Waals surface area (Å²) in [5.74, 6) is 0.450. The highest BCUT2D eigenvalue weighted by Crippen LogP contribution is 2.34. The van der Waals surface area contributed by atoms with Gasteiger partial charge in [0.15, 0.2) is 18.1 Å². The summed E-state index contributed by atoms with van der Waals surface area (Å²) in [6.45, 7) is 4.64. The predicted octanol–water partition coefficient (Wildman–Crippen LogP) is 3.68. The number of hydrogen-bond acceptors (Lipinski definition) is 6. The molecule has 0 bridgehead atoms. The fourth-order valence-corrected chi connectivity index (χ4v) is 3.49. The number of para-hydroxylation sites is 1. The average Bonchev–Trinajstić information content (AvgIpc) is 2.80. The number of nitrogens with zero attached hydrogens (tertiary/aromatic N) is 1. The molecule has 0 saturated carbocycles. The zero-order chi connectivity index (χ0) is 21.8. The molecule has 7 heteroatoms. The van der Waals surface area contributed by atoms with E-state index in [1.807, 2.05) is 56.3 Å². The Labute approximate surface area is 180 Å². The van der Waals surface area contributed by atoms with E-state index in [1.165, 1.54) is 0 Å². The number of benzene rings is 2. The van der Waals surface area contributed by atoms with Gasteiger partial charge < -0.3 is 19.5 Å². The van der Waals surface area contributed by atoms with Crippen LogP contribution in [0.2, 0.25) is 0 Å². The molecular formula is C24H24N2O5. The summed E-state index contributed by atoms with van der Waals surface area (Å²) in [6, 6.07) is 16.2. The predicted molar refractivity (Wildman–Crippen MR) is 115 cm³/mol. The van der Waals surface area contributed by atoms with Crippen molar-refractivity contribution in [3.8, 4) is 11.5 Å². The summed E-state index contributed by atoms with van der Waals surface area (Å²) in [4.78, 5) is 29.1. The summed E-state index contributed by atoms with van der Waals surface area (Å²) < 4.78 is 16.4. The molecule has 1 aliphatic heterocycles. The van der Waals surface area contributed by atoms with Crippen molar-refractivity contribution in [3.05, 3.63) is 65.9 Å². The minimum atomic E-state index is -0.638. The van der Waals surface area contributed by atoms with Gasteiger partial charge in [0, 0.05) is 5.39 Å². The van der Waals surface area contributed by atoms with Gasteiger partial charge in [-0.05, 0) is 35.7 Å². The number of esters is 1. The minimum absolute atomic E-state index is 0.115. The standard InChI is InChI=1S/C24H24N2O5/c1-15(2)23(17-8-10-20-21(13-17)30-12-11-29-20)26-22(27)14-31-24(28)19-9-7-16-5-3-4-6-18(16)25-19/h3-10,13,15,23H,11-12,14H2,1-2H3,(H,26,27)/t23-/m0/s1. The third kappa shape index (κ3) is 4.77. The van der Waals surface area contributed by atoms with E-state index >= 15 is 0 Å². The summed E-state index contributed by atoms with van der Waals surface area (Å²) >= 11 is 0. The highest BCUT2D eigenvalue weighted by atomic mass is 16.6. The molecule has 0 fully saturated rings. The van der Waals surface area contributed by atoms with Gasteiger partial charge in [-0.2, -0.15) is 0 Å². The fourth-order valence-electron chi connectivity index (χ4n) is 3.49. The second kappa shape index (κ2) is 9.04. The van der Waals surface area contributed by atoms with E-state index in [2.05, 4.69) is 10.3 Å². The Morgan fingerprint density at radius 2 is 1.81 bits per heavy atom. The molecule has 0 radical (unpaired) electrons. The molecule has 2 heterocycles. The first-order valence-electron chi connectivity index (χ1n) is 10.2. The lowest BCUT2D eigenvalue weighted by Crippen LogP contribution is -2.35. The Balaban J connectivity index is 1.39. The normalized spacial score (nSPS) is 13.6. The smallest absolute Gasteiger partial charge is 0.357 e. The Kier molecular flexibility index (Phi) is 6.02. The number of pyridine rings is 1. The molecule has 1 N–H and O–H groups in total. The molecule has 0 saturated heterocycles. The van der Waals surface area contributed by atoms with E-state index in [0.717, 1.165) is 10.9 Å². The third-order valence-electron chi connectivity index (χ3n) is 5.05. The summed E-state index contributed by atoms with van der Waals surface area (Å²) in [5.41, 5.74) is 1.76. The third-order valence-corrected chi connectivity index (χ3v) is 5.05. The first-order valence-corrected chi connectivity index (χ1v) is 10.2. The van der Waals surface area contributed by atoms with Gasteiger partial charge in [0.2, 0.25) is 0 Å². The summed E-state index contributed by atoms with van der Waals surface area (Å²) in [5, 5.41) is 3.87. The Hall–Kier alpha value is -3.61. The zero-order valence-electron chi connectivity index (χ0n) is 17.5. The second-order valence-corrected chi connectivity index (χ2v) is 7.66. The van der Waals surface area contributed by atoms with Gasteiger partial charge in [0.05, 0.1) is 11.6 Å². The maximum atomic E-state index is 12.5. The van der Waals surface area contributed by atoms with Crippen molar-refractivity contribution in [3.63, 3.8) is 0 Å². The fraction of sp³-hybridized carbons (Fsp3) is 0.292. The summed E-state index contributed by atoms with van der Waals surface area (Å²) in [6.07, 6.45) is 0. The Morgan fingerprint density at radius 1 is 1.03 bits per heavy atom. The second-order valence-electron chi connectivity index (χ2n) is 7.66. The molecule has 1 amide bonds. The quantitative estimate of drug-likeness (QED) is 0.612. The van der Waals surface area contributed by atoms with Crippen LogP contribution in [0.25, 0.3) is 10.9 Å². The van der Waals surface area contributed by atoms with Gasteiger partial charge in [0.25, 0.3) is 5.91 Å². The number of fused-ring (bicyclic) bond motifs is 2. The summed E-state index contributed by atoms with van der Waals surface area (Å²) in [7, 11) is 0. The molecule has 160 valence electrons. The van der Waals surface area contributed by atoms with E-state index in [1.54, 1.807) is 12.1 Å². The maximum Gasteiger partial charge on any atom is 0.357 e. The molecule has 3 aromatic rings. The van der Waals surface area contributed by atoms with Gasteiger partial charge >= 0.3 is 5.97 Å². The molecule has 1 atom stereocenters. The van der Waals surface area contributed by atoms with Crippen molar-refractivity contribution in [2.45, 2.75) is 19.9 Å². The topological polar surface area (TPSA) is 86.8 Å². The molecule has 2 aromatic carbocycles. The van der Waals surface area contributed by atoms with E-state index in [4.69, 9.17) is 14.2 Å². The van der Waals surface area contributed by atoms with Gasteiger partial charge in [-0.3, -0.25) is 4.79 Å². The van der Waals surface area contributed by atoms with E-state index in [-0.39, 0.29) is 30.2 Å². The first-order chi connectivity index (χ1) is 15.0. The highest BCUT2D eigenvalue weighted by Gasteiger charge is 2.22. The van der Waals surface area contributed by atoms with E-state index in [0.29, 0.717) is 30.2 Å². The lowest BCUT2D eigenvalue weighted by molar-refractivity contribution is -0.125. The number of hydrogen-bond donors (Lipinski definition) is 1. The van der Waals surface area contributed by atoms with Crippen LogP contribution in [0.4, 0.5) is 0 Å². The van der Waals surface area contributed by atoms with E-state index in [9.17, 15) is 9.59 Å². The van der Waals surface area contributed by atoms with Gasteiger partial charge in [-0.1, -0.05) is 44.2 Å². The number of carbonyl (C=O) groups excluding carboxylic acids is 2. The number of carbonyl (C=O) groups is 2. The molecule has 1 aromatic heterocycles. The molecule has 0 aliphatic carbocycles. The van der Waals surface area contributed by atoms with Crippen LogP contribution in [0.3, 0.4) is 0 Å². The Bertz CT molecular complexity index is 1110. The van der Waals surface area contributed by atoms with Crippen LogP contribution in [0.1, 0.15) is 35.9 Å². The van der Waals surface area contributed by atoms with E-state index < -0.39 is 5.97 Å². The molecule has 1 aliphatic rings. The number of aromatic nitrogens is 1. The zero-order valence-corrected chi connectivity index (χ0v) is 17.5. The maximum absolute atomic E-state index is 12.5. The van der Waals surface area contributed by atoms with Crippen LogP contribution in [0.5, 0.6) is 11.5 Å². The molecule has 0 unspecified atom stereocenters. The number of rotatable bonds is 6. The molecule has 0 spiro atoms. The van der Waals surface area contributed by atoms with Gasteiger partial charge in [0.1, 0.15) is 18.9 Å². The van der Waals surface area contributed by atoms with Gasteiger partial charge in [-0.15, -0.1) is 0 Å². The largest absolute Gasteiger partial charge is 0.486 e. The monoisotopic (exact) mass is 420 g/mol. The lowest BCUT2D eigenvalue weighted by Gasteiger charge is -2.25. The van der Waals surface area contributed by atoms with Crippen molar-refractivity contribution in [1.29, 1.82) is 0 Å². The minimum Gasteiger partial charge on any atom is -0.486 e. The number of ether oxygens (including phenoxy) is 3.